The van der Waals surface area contributed by atoms with E-state index in [0.29, 0.717) is 11.8 Å². The zero-order valence-electron chi connectivity index (χ0n) is 12.7. The van der Waals surface area contributed by atoms with Gasteiger partial charge in [-0.2, -0.15) is 0 Å². The minimum absolute atomic E-state index is 0.668. The molecule has 1 aliphatic carbocycles. The monoisotopic (exact) mass is 268 g/mol. The maximum atomic E-state index is 3.44. The van der Waals surface area contributed by atoms with E-state index in [9.17, 15) is 0 Å². The van der Waals surface area contributed by atoms with Crippen LogP contribution in [0.15, 0.2) is 36.7 Å². The smallest absolute Gasteiger partial charge is 0.0457 e. The summed E-state index contributed by atoms with van der Waals surface area (Å²) in [5.41, 5.74) is 4.12. The molecule has 3 rings (SSSR count). The van der Waals surface area contributed by atoms with E-state index in [1.54, 1.807) is 0 Å². The van der Waals surface area contributed by atoms with E-state index >= 15 is 0 Å². The molecule has 1 saturated carbocycles. The second-order valence-electron chi connectivity index (χ2n) is 6.30. The Kier molecular flexibility index (Phi) is 3.56. The summed E-state index contributed by atoms with van der Waals surface area (Å²) < 4.78 is 0. The summed E-state index contributed by atoms with van der Waals surface area (Å²) in [6, 6.07) is 6.71. The molecule has 2 atom stereocenters. The van der Waals surface area contributed by atoms with E-state index in [2.05, 4.69) is 67.6 Å². The average molecular weight is 268 g/mol. The lowest BCUT2D eigenvalue weighted by molar-refractivity contribution is 0.536. The Morgan fingerprint density at radius 3 is 2.90 bits per heavy atom. The molecule has 2 heteroatoms. The standard InChI is InChI=1S/C18H24N2/c1-13-7-8-18-16(11-13)17(12-19-18)15-6-4-5-14(15)9-10-20(2)3/h7-12,14-15,19H,4-6H2,1-3H3/b10-9+/t14?,15-/m0/s1. The maximum Gasteiger partial charge on any atom is 0.0457 e. The lowest BCUT2D eigenvalue weighted by Gasteiger charge is -2.17. The number of aromatic amines is 1. The quantitative estimate of drug-likeness (QED) is 0.872. The normalized spacial score (nSPS) is 22.9. The molecule has 2 nitrogen and oxygen atoms in total. The highest BCUT2D eigenvalue weighted by Crippen LogP contribution is 2.43. The van der Waals surface area contributed by atoms with E-state index in [4.69, 9.17) is 0 Å². The fourth-order valence-electron chi connectivity index (χ4n) is 3.45. The number of hydrogen-bond acceptors (Lipinski definition) is 1. The molecule has 20 heavy (non-hydrogen) atoms. The number of aromatic nitrogens is 1. The van der Waals surface area contributed by atoms with Crippen LogP contribution >= 0.6 is 0 Å². The molecule has 1 aromatic heterocycles. The molecule has 1 aliphatic rings. The van der Waals surface area contributed by atoms with Gasteiger partial charge in [0.15, 0.2) is 0 Å². The van der Waals surface area contributed by atoms with Gasteiger partial charge in [0.25, 0.3) is 0 Å². The second-order valence-corrected chi connectivity index (χ2v) is 6.30. The Balaban J connectivity index is 1.95. The molecule has 1 aromatic carbocycles. The summed E-state index contributed by atoms with van der Waals surface area (Å²) >= 11 is 0. The van der Waals surface area contributed by atoms with Crippen LogP contribution in [0.5, 0.6) is 0 Å². The zero-order chi connectivity index (χ0) is 14.1. The van der Waals surface area contributed by atoms with Crippen molar-refractivity contribution in [2.45, 2.75) is 32.1 Å². The van der Waals surface area contributed by atoms with Crippen molar-refractivity contribution in [2.75, 3.05) is 14.1 Å². The van der Waals surface area contributed by atoms with Gasteiger partial charge in [-0.25, -0.2) is 0 Å². The number of rotatable bonds is 3. The van der Waals surface area contributed by atoms with Crippen LogP contribution in [0, 0.1) is 12.8 Å². The van der Waals surface area contributed by atoms with Crippen LogP contribution in [0.2, 0.25) is 0 Å². The first-order valence-electron chi connectivity index (χ1n) is 7.57. The highest BCUT2D eigenvalue weighted by molar-refractivity contribution is 5.84. The number of hydrogen-bond donors (Lipinski definition) is 1. The summed E-state index contributed by atoms with van der Waals surface area (Å²) in [6.07, 6.45) is 10.8. The molecular formula is C18H24N2. The van der Waals surface area contributed by atoms with Crippen LogP contribution < -0.4 is 0 Å². The number of aryl methyl sites for hydroxylation is 1. The first-order valence-corrected chi connectivity index (χ1v) is 7.57. The Morgan fingerprint density at radius 1 is 1.25 bits per heavy atom. The van der Waals surface area contributed by atoms with Crippen molar-refractivity contribution in [3.8, 4) is 0 Å². The van der Waals surface area contributed by atoms with Crippen molar-refractivity contribution in [3.63, 3.8) is 0 Å². The van der Waals surface area contributed by atoms with Crippen molar-refractivity contribution in [3.05, 3.63) is 47.8 Å². The third-order valence-electron chi connectivity index (χ3n) is 4.47. The van der Waals surface area contributed by atoms with Crippen LogP contribution in [0.4, 0.5) is 0 Å². The van der Waals surface area contributed by atoms with Gasteiger partial charge >= 0.3 is 0 Å². The highest BCUT2D eigenvalue weighted by atomic mass is 15.0. The predicted molar refractivity (Wildman–Crippen MR) is 85.9 cm³/mol. The molecule has 0 bridgehead atoms. The minimum Gasteiger partial charge on any atom is -0.384 e. The Labute approximate surface area is 121 Å². The summed E-state index contributed by atoms with van der Waals surface area (Å²) in [6.45, 7) is 2.17. The van der Waals surface area contributed by atoms with Gasteiger partial charge < -0.3 is 9.88 Å². The van der Waals surface area contributed by atoms with Crippen molar-refractivity contribution in [1.82, 2.24) is 9.88 Å². The zero-order valence-corrected chi connectivity index (χ0v) is 12.7. The molecular weight excluding hydrogens is 244 g/mol. The van der Waals surface area contributed by atoms with Gasteiger partial charge in [0.2, 0.25) is 0 Å². The fourth-order valence-corrected chi connectivity index (χ4v) is 3.45. The maximum absolute atomic E-state index is 3.44. The second kappa shape index (κ2) is 5.35. The molecule has 0 saturated heterocycles. The molecule has 0 radical (unpaired) electrons. The topological polar surface area (TPSA) is 19.0 Å². The Morgan fingerprint density at radius 2 is 2.10 bits per heavy atom. The number of nitrogens with one attached hydrogen (secondary N) is 1. The number of fused-ring (bicyclic) bond motifs is 1. The first kappa shape index (κ1) is 13.3. The van der Waals surface area contributed by atoms with Crippen LogP contribution in [0.1, 0.15) is 36.3 Å². The Bertz CT molecular complexity index is 621. The van der Waals surface area contributed by atoms with E-state index < -0.39 is 0 Å². The third-order valence-corrected chi connectivity index (χ3v) is 4.47. The van der Waals surface area contributed by atoms with E-state index in [0.717, 1.165) is 0 Å². The fraction of sp³-hybridized carbons (Fsp3) is 0.444. The first-order chi connectivity index (χ1) is 9.65. The number of allylic oxidation sites excluding steroid dienone is 1. The van der Waals surface area contributed by atoms with Gasteiger partial charge in [0.1, 0.15) is 0 Å². The summed E-state index contributed by atoms with van der Waals surface area (Å²) in [4.78, 5) is 5.58. The van der Waals surface area contributed by atoms with Gasteiger partial charge in [0, 0.05) is 31.2 Å². The molecule has 2 aromatic rings. The summed E-state index contributed by atoms with van der Waals surface area (Å²) in [5.74, 6) is 1.35. The van der Waals surface area contributed by atoms with Gasteiger partial charge in [-0.15, -0.1) is 0 Å². The van der Waals surface area contributed by atoms with Crippen LogP contribution in [0.3, 0.4) is 0 Å². The molecule has 1 unspecified atom stereocenters. The Hall–Kier alpha value is -1.70. The molecule has 0 aliphatic heterocycles. The number of H-pyrrole nitrogens is 1. The number of nitrogens with zero attached hydrogens (tertiary/aromatic N) is 1. The highest BCUT2D eigenvalue weighted by Gasteiger charge is 2.28. The van der Waals surface area contributed by atoms with Crippen LogP contribution in [-0.2, 0) is 0 Å². The molecule has 1 fully saturated rings. The molecule has 106 valence electrons. The van der Waals surface area contributed by atoms with Gasteiger partial charge in [-0.1, -0.05) is 24.1 Å². The molecule has 0 amide bonds. The van der Waals surface area contributed by atoms with E-state index in [1.807, 2.05) is 0 Å². The van der Waals surface area contributed by atoms with E-state index in [-0.39, 0.29) is 0 Å². The summed E-state index contributed by atoms with van der Waals surface area (Å²) in [5, 5.41) is 1.42. The van der Waals surface area contributed by atoms with Crippen LogP contribution in [0.25, 0.3) is 10.9 Å². The summed E-state index contributed by atoms with van der Waals surface area (Å²) in [7, 11) is 4.19. The van der Waals surface area contributed by atoms with Crippen molar-refractivity contribution in [1.29, 1.82) is 0 Å². The lowest BCUT2D eigenvalue weighted by Crippen LogP contribution is -2.06. The lowest BCUT2D eigenvalue weighted by atomic mass is 9.88. The van der Waals surface area contributed by atoms with Gasteiger partial charge in [-0.3, -0.25) is 0 Å². The van der Waals surface area contributed by atoms with Gasteiger partial charge in [-0.05, 0) is 55.5 Å². The molecule has 0 spiro atoms. The van der Waals surface area contributed by atoms with Crippen molar-refractivity contribution >= 4 is 10.9 Å². The minimum atomic E-state index is 0.668. The number of benzene rings is 1. The molecule has 1 N–H and O–H groups in total. The SMILES string of the molecule is Cc1ccc2[nH]cc([C@H]3CCCC3/C=C/N(C)C)c2c1. The molecule has 1 heterocycles. The largest absolute Gasteiger partial charge is 0.384 e. The van der Waals surface area contributed by atoms with E-state index in [1.165, 1.54) is 41.3 Å². The van der Waals surface area contributed by atoms with Crippen LogP contribution in [-0.4, -0.2) is 24.0 Å². The third kappa shape index (κ3) is 2.47. The van der Waals surface area contributed by atoms with Gasteiger partial charge in [0.05, 0.1) is 0 Å². The van der Waals surface area contributed by atoms with Crippen molar-refractivity contribution in [2.24, 2.45) is 5.92 Å². The van der Waals surface area contributed by atoms with Crippen molar-refractivity contribution < 1.29 is 0 Å². The predicted octanol–water partition coefficient (Wildman–Crippen LogP) is 4.44. The average Bonchev–Trinajstić information content (AvgIpc) is 3.01.